The van der Waals surface area contributed by atoms with Crippen molar-refractivity contribution in [3.05, 3.63) is 0 Å². The summed E-state index contributed by atoms with van der Waals surface area (Å²) in [6.45, 7) is 14.2. The smallest absolute Gasteiger partial charge is 0.219 e. The molecule has 1 amide bonds. The minimum atomic E-state index is 0.257. The zero-order chi connectivity index (χ0) is 34.1. The van der Waals surface area contributed by atoms with Crippen LogP contribution in [0.2, 0.25) is 0 Å². The van der Waals surface area contributed by atoms with Gasteiger partial charge >= 0.3 is 0 Å². The second-order valence-corrected chi connectivity index (χ2v) is 13.9. The highest BCUT2D eigenvalue weighted by Crippen LogP contribution is 2.12. The molecule has 0 saturated heterocycles. The minimum absolute atomic E-state index is 0.257. The molecule has 0 saturated carbocycles. The van der Waals surface area contributed by atoms with Gasteiger partial charge < -0.3 is 37.2 Å². The van der Waals surface area contributed by atoms with Gasteiger partial charge in [-0.2, -0.15) is 0 Å². The lowest BCUT2D eigenvalue weighted by atomic mass is 10.00. The summed E-state index contributed by atoms with van der Waals surface area (Å²) in [6.07, 6.45) is 28.8. The van der Waals surface area contributed by atoms with Crippen LogP contribution in [0.4, 0.5) is 0 Å². The fourth-order valence-corrected chi connectivity index (χ4v) is 6.10. The molecular formula is C39H85N7O. The van der Waals surface area contributed by atoms with Gasteiger partial charge in [0.25, 0.3) is 0 Å². The lowest BCUT2D eigenvalue weighted by molar-refractivity contribution is -0.121. The second kappa shape index (κ2) is 41.4. The van der Waals surface area contributed by atoms with Gasteiger partial charge in [-0.15, -0.1) is 0 Å². The molecule has 0 bridgehead atoms. The number of amides is 1. The number of hydrogen-bond acceptors (Lipinski definition) is 7. The van der Waals surface area contributed by atoms with Gasteiger partial charge in [-0.3, -0.25) is 4.79 Å². The van der Waals surface area contributed by atoms with E-state index >= 15 is 0 Å². The van der Waals surface area contributed by atoms with E-state index in [0.29, 0.717) is 12.3 Å². The topological polar surface area (TPSA) is 101 Å². The molecule has 0 aliphatic heterocycles. The van der Waals surface area contributed by atoms with E-state index in [1.54, 1.807) is 0 Å². The van der Waals surface area contributed by atoms with Crippen molar-refractivity contribution in [2.75, 3.05) is 86.1 Å². The third-order valence-electron chi connectivity index (χ3n) is 9.21. The summed E-state index contributed by atoms with van der Waals surface area (Å²) in [7, 11) is 4.03. The van der Waals surface area contributed by atoms with E-state index in [9.17, 15) is 4.79 Å². The zero-order valence-corrected chi connectivity index (χ0v) is 32.0. The van der Waals surface area contributed by atoms with E-state index in [2.05, 4.69) is 44.1 Å². The van der Waals surface area contributed by atoms with Crippen LogP contribution in [0.1, 0.15) is 155 Å². The summed E-state index contributed by atoms with van der Waals surface area (Å²) >= 11 is 0. The van der Waals surface area contributed by atoms with Crippen LogP contribution in [0.3, 0.4) is 0 Å². The summed E-state index contributed by atoms with van der Waals surface area (Å²) in [6, 6.07) is 0. The van der Waals surface area contributed by atoms with Crippen LogP contribution in [0.25, 0.3) is 0 Å². The minimum Gasteiger partial charge on any atom is -0.356 e. The first-order valence-corrected chi connectivity index (χ1v) is 20.6. The van der Waals surface area contributed by atoms with E-state index < -0.39 is 0 Å². The van der Waals surface area contributed by atoms with E-state index in [0.717, 1.165) is 84.8 Å². The van der Waals surface area contributed by atoms with Crippen LogP contribution >= 0.6 is 0 Å². The molecule has 8 heteroatoms. The van der Waals surface area contributed by atoms with Gasteiger partial charge in [0.2, 0.25) is 5.91 Å². The largest absolute Gasteiger partial charge is 0.356 e. The van der Waals surface area contributed by atoms with Crippen LogP contribution in [-0.4, -0.2) is 92.0 Å². The predicted molar refractivity (Wildman–Crippen MR) is 208 cm³/mol. The molecule has 0 aromatic carbocycles. The third kappa shape index (κ3) is 39.6. The fraction of sp³-hybridized carbons (Fsp3) is 0.974. The van der Waals surface area contributed by atoms with Gasteiger partial charge in [0.05, 0.1) is 0 Å². The SMILES string of the molecule is CCCCCCCCCCCCCC(=O)NCCCCCCC(CNCCCCNCCCNC)CNCCCCNCCCNC. The van der Waals surface area contributed by atoms with Gasteiger partial charge in [0.1, 0.15) is 0 Å². The summed E-state index contributed by atoms with van der Waals surface area (Å²) in [4.78, 5) is 12.2. The van der Waals surface area contributed by atoms with Crippen molar-refractivity contribution < 1.29 is 4.79 Å². The Labute approximate surface area is 294 Å². The van der Waals surface area contributed by atoms with Gasteiger partial charge in [0, 0.05) is 13.0 Å². The first-order chi connectivity index (χ1) is 23.2. The number of unbranched alkanes of at least 4 members (excludes halogenated alkanes) is 15. The molecule has 0 aromatic heterocycles. The maximum Gasteiger partial charge on any atom is 0.219 e. The molecule has 0 aliphatic rings. The second-order valence-electron chi connectivity index (χ2n) is 13.9. The van der Waals surface area contributed by atoms with E-state index in [4.69, 9.17) is 0 Å². The first-order valence-electron chi connectivity index (χ1n) is 20.6. The molecule has 47 heavy (non-hydrogen) atoms. The Morgan fingerprint density at radius 1 is 0.426 bits per heavy atom. The molecule has 0 aliphatic carbocycles. The zero-order valence-electron chi connectivity index (χ0n) is 32.0. The Morgan fingerprint density at radius 3 is 1.34 bits per heavy atom. The summed E-state index contributed by atoms with van der Waals surface area (Å²) in [5.74, 6) is 0.951. The van der Waals surface area contributed by atoms with Gasteiger partial charge in [-0.05, 0) is 143 Å². The van der Waals surface area contributed by atoms with Gasteiger partial charge in [-0.1, -0.05) is 90.4 Å². The molecule has 0 rings (SSSR count). The first kappa shape index (κ1) is 46.2. The van der Waals surface area contributed by atoms with Crippen molar-refractivity contribution in [2.24, 2.45) is 5.92 Å². The molecule has 0 fully saturated rings. The Hall–Kier alpha value is -0.770. The van der Waals surface area contributed by atoms with E-state index in [1.807, 2.05) is 14.1 Å². The van der Waals surface area contributed by atoms with Gasteiger partial charge in [-0.25, -0.2) is 0 Å². The lowest BCUT2D eigenvalue weighted by Gasteiger charge is -2.19. The Bertz CT molecular complexity index is 572. The Balaban J connectivity index is 3.90. The quantitative estimate of drug-likeness (QED) is 0.0374. The van der Waals surface area contributed by atoms with Crippen molar-refractivity contribution in [2.45, 2.75) is 155 Å². The lowest BCUT2D eigenvalue weighted by Crippen LogP contribution is -2.32. The summed E-state index contributed by atoms with van der Waals surface area (Å²) < 4.78 is 0. The fourth-order valence-electron chi connectivity index (χ4n) is 6.10. The van der Waals surface area contributed by atoms with Crippen LogP contribution in [0, 0.1) is 5.92 Å². The highest BCUT2D eigenvalue weighted by atomic mass is 16.1. The molecule has 282 valence electrons. The number of hydrogen-bond donors (Lipinski definition) is 7. The van der Waals surface area contributed by atoms with Crippen molar-refractivity contribution in [1.29, 1.82) is 0 Å². The molecule has 0 aromatic rings. The van der Waals surface area contributed by atoms with Crippen molar-refractivity contribution in [1.82, 2.24) is 37.2 Å². The highest BCUT2D eigenvalue weighted by molar-refractivity contribution is 5.75. The Morgan fingerprint density at radius 2 is 0.830 bits per heavy atom. The number of nitrogens with one attached hydrogen (secondary N) is 7. The van der Waals surface area contributed by atoms with Crippen LogP contribution in [-0.2, 0) is 4.79 Å². The number of carbonyl (C=O) groups is 1. The third-order valence-corrected chi connectivity index (χ3v) is 9.21. The molecule has 8 nitrogen and oxygen atoms in total. The monoisotopic (exact) mass is 668 g/mol. The predicted octanol–water partition coefficient (Wildman–Crippen LogP) is 6.51. The average molecular weight is 668 g/mol. The van der Waals surface area contributed by atoms with E-state index in [-0.39, 0.29) is 5.91 Å². The standard InChI is InChI=1S/C39H85N7O/c1-4-5-6-7-8-9-10-11-12-13-17-26-39(47)46-35-18-15-14-16-25-38(36-44-31-21-19-29-42-33-23-27-40-2)37-45-32-22-20-30-43-34-24-28-41-3/h38,40-45H,4-37H2,1-3H3,(H,46,47). The number of rotatable bonds is 41. The Kier molecular flexibility index (Phi) is 40.7. The molecular weight excluding hydrogens is 582 g/mol. The maximum atomic E-state index is 12.2. The summed E-state index contributed by atoms with van der Waals surface area (Å²) in [5.41, 5.74) is 0. The van der Waals surface area contributed by atoms with Gasteiger partial charge in [0.15, 0.2) is 0 Å². The van der Waals surface area contributed by atoms with E-state index in [1.165, 1.54) is 128 Å². The molecule has 7 N–H and O–H groups in total. The molecule has 0 spiro atoms. The number of carbonyl (C=O) groups excluding carboxylic acids is 1. The highest BCUT2D eigenvalue weighted by Gasteiger charge is 2.08. The van der Waals surface area contributed by atoms with Crippen molar-refractivity contribution in [3.63, 3.8) is 0 Å². The van der Waals surface area contributed by atoms with Crippen molar-refractivity contribution >= 4 is 5.91 Å². The molecule has 0 radical (unpaired) electrons. The summed E-state index contributed by atoms with van der Waals surface area (Å²) in [5, 5.41) is 24.2. The molecule has 0 unspecified atom stereocenters. The molecule has 0 atom stereocenters. The van der Waals surface area contributed by atoms with Crippen LogP contribution in [0.15, 0.2) is 0 Å². The maximum absolute atomic E-state index is 12.2. The average Bonchev–Trinajstić information content (AvgIpc) is 3.08. The van der Waals surface area contributed by atoms with Crippen LogP contribution < -0.4 is 37.2 Å². The molecule has 0 heterocycles. The normalized spacial score (nSPS) is 11.6. The van der Waals surface area contributed by atoms with Crippen LogP contribution in [0.5, 0.6) is 0 Å². The van der Waals surface area contributed by atoms with Crippen molar-refractivity contribution in [3.8, 4) is 0 Å².